The third-order valence-electron chi connectivity index (χ3n) is 9.54. The van der Waals surface area contributed by atoms with Crippen molar-refractivity contribution in [3.63, 3.8) is 0 Å². The molecule has 3 aromatic rings. The Balaban J connectivity index is 1.17. The predicted molar refractivity (Wildman–Crippen MR) is 201 cm³/mol. The number of carbonyl (C=O) groups excluding carboxylic acids is 1. The maximum atomic E-state index is 14.2. The van der Waals surface area contributed by atoms with Crippen LogP contribution >= 0.6 is 15.9 Å². The van der Waals surface area contributed by atoms with Gasteiger partial charge in [0.1, 0.15) is 23.4 Å². The largest absolute Gasteiger partial charge is 0.496 e. The van der Waals surface area contributed by atoms with Crippen molar-refractivity contribution in [3.8, 4) is 17.2 Å². The van der Waals surface area contributed by atoms with Crippen molar-refractivity contribution in [2.24, 2.45) is 11.7 Å². The highest BCUT2D eigenvalue weighted by Gasteiger charge is 2.78. The van der Waals surface area contributed by atoms with Gasteiger partial charge in [-0.3, -0.25) is 4.79 Å². The third kappa shape index (κ3) is 9.19. The smallest absolute Gasteiger partial charge is 0.226 e. The molecule has 1 heterocycles. The van der Waals surface area contributed by atoms with Crippen molar-refractivity contribution in [2.75, 3.05) is 100 Å². The molecule has 5 N–H and O–H groups in total. The van der Waals surface area contributed by atoms with Crippen LogP contribution in [0.5, 0.6) is 17.2 Å². The van der Waals surface area contributed by atoms with Crippen molar-refractivity contribution >= 4 is 21.8 Å². The molecular formula is C39H51BrN2O12. The molecule has 15 heteroatoms. The van der Waals surface area contributed by atoms with E-state index >= 15 is 0 Å². The number of ether oxygens (including phenoxy) is 9. The van der Waals surface area contributed by atoms with Gasteiger partial charge in [0, 0.05) is 29.1 Å². The lowest BCUT2D eigenvalue weighted by atomic mass is 9.70. The summed E-state index contributed by atoms with van der Waals surface area (Å²) < 4.78 is 51.5. The zero-order valence-corrected chi connectivity index (χ0v) is 32.3. The van der Waals surface area contributed by atoms with Crippen molar-refractivity contribution < 1.29 is 57.6 Å². The number of nitrogens with one attached hydrogen (secondary N) is 1. The van der Waals surface area contributed by atoms with E-state index in [0.29, 0.717) is 82.9 Å². The lowest BCUT2D eigenvalue weighted by Gasteiger charge is -2.40. The summed E-state index contributed by atoms with van der Waals surface area (Å²) in [6.45, 7) is 4.82. The number of aliphatic hydroxyl groups is 2. The normalized spacial score (nSPS) is 22.7. The van der Waals surface area contributed by atoms with E-state index in [0.717, 1.165) is 4.47 Å². The van der Waals surface area contributed by atoms with Gasteiger partial charge in [0.2, 0.25) is 5.91 Å². The van der Waals surface area contributed by atoms with Crippen molar-refractivity contribution in [1.82, 2.24) is 5.32 Å². The molecule has 0 bridgehead atoms. The van der Waals surface area contributed by atoms with Crippen LogP contribution in [0.15, 0.2) is 71.2 Å². The summed E-state index contributed by atoms with van der Waals surface area (Å²) in [7, 11) is 2.99. The van der Waals surface area contributed by atoms with Crippen molar-refractivity contribution in [1.29, 1.82) is 0 Å². The van der Waals surface area contributed by atoms with Crippen LogP contribution in [0.3, 0.4) is 0 Å². The first-order valence-electron chi connectivity index (χ1n) is 17.9. The highest BCUT2D eigenvalue weighted by atomic mass is 79.9. The topological polar surface area (TPSA) is 179 Å². The Hall–Kier alpha value is -3.35. The summed E-state index contributed by atoms with van der Waals surface area (Å²) in [5, 5.41) is 28.2. The molecule has 1 amide bonds. The zero-order valence-electron chi connectivity index (χ0n) is 30.7. The van der Waals surface area contributed by atoms with E-state index in [1.165, 1.54) is 14.2 Å². The first-order chi connectivity index (χ1) is 26.3. The van der Waals surface area contributed by atoms with E-state index in [1.54, 1.807) is 12.1 Å². The average Bonchev–Trinajstić information content (AvgIpc) is 3.57. The van der Waals surface area contributed by atoms with Crippen molar-refractivity contribution in [2.45, 2.75) is 23.2 Å². The number of methoxy groups -OCH3 is 2. The Bertz CT molecular complexity index is 1600. The molecule has 1 fully saturated rings. The highest BCUT2D eigenvalue weighted by molar-refractivity contribution is 9.10. The molecule has 3 aromatic carbocycles. The molecule has 0 aromatic heterocycles. The number of aliphatic hydroxyl groups excluding tert-OH is 1. The third-order valence-corrected chi connectivity index (χ3v) is 10.1. The summed E-state index contributed by atoms with van der Waals surface area (Å²) in [6, 6.07) is 19.9. The van der Waals surface area contributed by atoms with Crippen LogP contribution < -0.4 is 25.3 Å². The fraction of sp³-hybridized carbons (Fsp3) is 0.513. The van der Waals surface area contributed by atoms with E-state index in [1.807, 2.05) is 54.6 Å². The molecule has 0 unspecified atom stereocenters. The van der Waals surface area contributed by atoms with Gasteiger partial charge in [-0.25, -0.2) is 0 Å². The molecule has 1 aliphatic heterocycles. The van der Waals surface area contributed by atoms with Crippen molar-refractivity contribution in [3.05, 3.63) is 87.9 Å². The Morgan fingerprint density at radius 3 is 1.89 bits per heavy atom. The van der Waals surface area contributed by atoms with E-state index < -0.39 is 35.0 Å². The van der Waals surface area contributed by atoms with Crippen LogP contribution in [0, 0.1) is 5.92 Å². The summed E-state index contributed by atoms with van der Waals surface area (Å²) in [6.07, 6.45) is -1.61. The van der Waals surface area contributed by atoms with E-state index in [4.69, 9.17) is 48.4 Å². The van der Waals surface area contributed by atoms with Crippen LogP contribution in [-0.2, 0) is 44.4 Å². The Morgan fingerprint density at radius 1 is 0.796 bits per heavy atom. The number of rotatable bonds is 24. The Labute approximate surface area is 324 Å². The number of amides is 1. The molecule has 0 spiro atoms. The molecule has 5 rings (SSSR count). The van der Waals surface area contributed by atoms with Gasteiger partial charge in [-0.15, -0.1) is 0 Å². The maximum Gasteiger partial charge on any atom is 0.226 e. The first kappa shape index (κ1) is 41.8. The molecule has 1 aliphatic carbocycles. The van der Waals surface area contributed by atoms with E-state index in [-0.39, 0.29) is 36.9 Å². The Kier molecular flexibility index (Phi) is 15.9. The van der Waals surface area contributed by atoms with Gasteiger partial charge in [0.15, 0.2) is 11.2 Å². The maximum absolute atomic E-state index is 14.2. The zero-order chi connectivity index (χ0) is 38.4. The van der Waals surface area contributed by atoms with Gasteiger partial charge in [-0.05, 0) is 23.3 Å². The summed E-state index contributed by atoms with van der Waals surface area (Å²) in [5.41, 5.74) is 3.00. The molecule has 1 saturated carbocycles. The van der Waals surface area contributed by atoms with Gasteiger partial charge < -0.3 is 63.9 Å². The van der Waals surface area contributed by atoms with Crippen LogP contribution in [0.2, 0.25) is 0 Å². The van der Waals surface area contributed by atoms with E-state index in [9.17, 15) is 15.0 Å². The lowest BCUT2D eigenvalue weighted by Crippen LogP contribution is -2.52. The van der Waals surface area contributed by atoms with Gasteiger partial charge in [-0.1, -0.05) is 58.4 Å². The standard InChI is InChI=1S/C39H51BrN2O12/c1-46-30-24-31(47-2)35-32(25-30)54-39(28-8-10-29(40)11-9-28)34(27-6-4-3-5-7-27)33(36(43)38(35,39)45)37(44)42-12-13-48-14-15-49-16-17-50-18-19-51-20-21-52-22-23-53-26-41/h3-11,24-25,33-34,36,43,45H,12-23,26,41H2,1-2H3,(H,42,44)/t33-,34-,36-,38+,39+/m1/s1. The number of nitrogens with two attached hydrogens (primary N) is 1. The highest BCUT2D eigenvalue weighted by Crippen LogP contribution is 2.70. The molecule has 54 heavy (non-hydrogen) atoms. The fourth-order valence-electron chi connectivity index (χ4n) is 7.20. The second-order valence-electron chi connectivity index (χ2n) is 12.6. The molecule has 0 saturated heterocycles. The van der Waals surface area contributed by atoms with Crippen LogP contribution in [0.1, 0.15) is 22.6 Å². The van der Waals surface area contributed by atoms with Crippen LogP contribution in [-0.4, -0.2) is 122 Å². The summed E-state index contributed by atoms with van der Waals surface area (Å²) >= 11 is 3.51. The number of hydrogen-bond acceptors (Lipinski definition) is 13. The average molecular weight is 820 g/mol. The SMILES string of the molecule is COc1cc(OC)c2c(c1)O[C@@]1(c3ccc(Br)cc3)[C@H](c3ccccc3)[C@@H](C(=O)NCCOCCOCCOCCOCCOCCOCN)[C@@H](O)[C@@]21O. The number of halogens is 1. The molecule has 0 radical (unpaired) electrons. The second kappa shape index (κ2) is 20.5. The number of benzene rings is 3. The minimum Gasteiger partial charge on any atom is -0.496 e. The minimum atomic E-state index is -2.11. The van der Waals surface area contributed by atoms with Gasteiger partial charge in [0.25, 0.3) is 0 Å². The molecular weight excluding hydrogens is 768 g/mol. The van der Waals surface area contributed by atoms with Gasteiger partial charge in [0.05, 0.1) is 105 Å². The fourth-order valence-corrected chi connectivity index (χ4v) is 7.47. The summed E-state index contributed by atoms with van der Waals surface area (Å²) in [4.78, 5) is 14.2. The quantitative estimate of drug-likeness (QED) is 0.0767. The first-order valence-corrected chi connectivity index (χ1v) is 18.7. The summed E-state index contributed by atoms with van der Waals surface area (Å²) in [5.74, 6) is -1.44. The number of carbonyl (C=O) groups is 1. The monoisotopic (exact) mass is 818 g/mol. The van der Waals surface area contributed by atoms with Gasteiger partial charge >= 0.3 is 0 Å². The van der Waals surface area contributed by atoms with Gasteiger partial charge in [-0.2, -0.15) is 0 Å². The Morgan fingerprint density at radius 2 is 1.35 bits per heavy atom. The number of hydrogen-bond donors (Lipinski definition) is 4. The lowest BCUT2D eigenvalue weighted by molar-refractivity contribution is -0.154. The molecule has 5 atom stereocenters. The molecule has 296 valence electrons. The molecule has 2 aliphatic rings. The van der Waals surface area contributed by atoms with Crippen LogP contribution in [0.4, 0.5) is 0 Å². The minimum absolute atomic E-state index is 0.168. The second-order valence-corrected chi connectivity index (χ2v) is 13.5. The number of fused-ring (bicyclic) bond motifs is 3. The predicted octanol–water partition coefficient (Wildman–Crippen LogP) is 2.85. The molecule has 14 nitrogen and oxygen atoms in total. The van der Waals surface area contributed by atoms with E-state index in [2.05, 4.69) is 21.2 Å². The van der Waals surface area contributed by atoms with Crippen LogP contribution in [0.25, 0.3) is 0 Å².